The van der Waals surface area contributed by atoms with Crippen LogP contribution < -0.4 is 4.90 Å². The summed E-state index contributed by atoms with van der Waals surface area (Å²) < 4.78 is 53.7. The van der Waals surface area contributed by atoms with Crippen LogP contribution in [-0.4, -0.2) is 0 Å². The van der Waals surface area contributed by atoms with Crippen molar-refractivity contribution in [2.24, 2.45) is 0 Å². The number of para-hydroxylation sites is 1. The third-order valence-corrected chi connectivity index (χ3v) is 4.20. The molecule has 0 aliphatic carbocycles. The monoisotopic (exact) mass is 359 g/mol. The molecule has 0 amide bonds. The minimum absolute atomic E-state index is 0.157. The highest BCUT2D eigenvalue weighted by Crippen LogP contribution is 2.39. The van der Waals surface area contributed by atoms with Crippen LogP contribution >= 0.6 is 0 Å². The van der Waals surface area contributed by atoms with E-state index in [0.717, 1.165) is 6.07 Å². The van der Waals surface area contributed by atoms with Crippen molar-refractivity contribution in [3.63, 3.8) is 0 Å². The number of rotatable bonds is 3. The van der Waals surface area contributed by atoms with Crippen molar-refractivity contribution in [3.05, 3.63) is 89.2 Å². The zero-order valence-corrected chi connectivity index (χ0v) is 14.3. The van der Waals surface area contributed by atoms with Gasteiger partial charge < -0.3 is 4.90 Å². The average Bonchev–Trinajstić information content (AvgIpc) is 2.59. The van der Waals surface area contributed by atoms with Gasteiger partial charge in [-0.15, -0.1) is 0 Å². The van der Waals surface area contributed by atoms with Gasteiger partial charge in [0.2, 0.25) is 0 Å². The van der Waals surface area contributed by atoms with Gasteiger partial charge in [0.25, 0.3) is 0 Å². The number of hydrogen-bond acceptors (Lipinski definition) is 1. The van der Waals surface area contributed by atoms with E-state index in [4.69, 9.17) is 0 Å². The molecule has 0 aliphatic rings. The van der Waals surface area contributed by atoms with Crippen LogP contribution in [0, 0.1) is 19.7 Å². The maximum absolute atomic E-state index is 13.7. The molecule has 0 fully saturated rings. The number of benzene rings is 3. The van der Waals surface area contributed by atoms with Gasteiger partial charge in [-0.3, -0.25) is 0 Å². The van der Waals surface area contributed by atoms with Crippen molar-refractivity contribution < 1.29 is 17.6 Å². The summed E-state index contributed by atoms with van der Waals surface area (Å²) in [7, 11) is 0. The molecule has 0 saturated carbocycles. The lowest BCUT2D eigenvalue weighted by molar-refractivity contribution is -0.138. The van der Waals surface area contributed by atoms with E-state index in [1.54, 1.807) is 54.3 Å². The van der Waals surface area contributed by atoms with E-state index in [0.29, 0.717) is 22.6 Å². The SMILES string of the molecule is Cc1cc(N(c2ccccc2)c2ccc(C)c(C(F)(F)F)c2)ccc1F. The molecule has 0 N–H and O–H groups in total. The molecule has 0 aromatic heterocycles. The Bertz CT molecular complexity index is 917. The van der Waals surface area contributed by atoms with E-state index >= 15 is 0 Å². The second-order valence-electron chi connectivity index (χ2n) is 6.10. The van der Waals surface area contributed by atoms with E-state index in [2.05, 4.69) is 0 Å². The van der Waals surface area contributed by atoms with Crippen LogP contribution in [0.3, 0.4) is 0 Å². The maximum Gasteiger partial charge on any atom is 0.416 e. The van der Waals surface area contributed by atoms with Gasteiger partial charge in [-0.1, -0.05) is 24.3 Å². The highest BCUT2D eigenvalue weighted by molar-refractivity contribution is 5.77. The quantitative estimate of drug-likeness (QED) is 0.458. The molecule has 3 rings (SSSR count). The van der Waals surface area contributed by atoms with Crippen molar-refractivity contribution >= 4 is 17.1 Å². The Morgan fingerprint density at radius 1 is 0.692 bits per heavy atom. The Balaban J connectivity index is 2.20. The first kappa shape index (κ1) is 18.0. The van der Waals surface area contributed by atoms with Crippen molar-refractivity contribution in [1.29, 1.82) is 0 Å². The average molecular weight is 359 g/mol. The predicted molar refractivity (Wildman–Crippen MR) is 95.6 cm³/mol. The Morgan fingerprint density at radius 3 is 1.92 bits per heavy atom. The molecule has 0 radical (unpaired) electrons. The third kappa shape index (κ3) is 3.57. The van der Waals surface area contributed by atoms with Gasteiger partial charge in [-0.2, -0.15) is 13.2 Å². The molecule has 26 heavy (non-hydrogen) atoms. The summed E-state index contributed by atoms with van der Waals surface area (Å²) in [5, 5.41) is 0. The summed E-state index contributed by atoms with van der Waals surface area (Å²) in [6.45, 7) is 3.06. The molecule has 3 aromatic rings. The summed E-state index contributed by atoms with van der Waals surface area (Å²) in [6, 6.07) is 17.7. The normalized spacial score (nSPS) is 11.5. The largest absolute Gasteiger partial charge is 0.416 e. The number of alkyl halides is 3. The number of anilines is 3. The van der Waals surface area contributed by atoms with Crippen LogP contribution in [0.25, 0.3) is 0 Å². The molecule has 0 bridgehead atoms. The first-order valence-corrected chi connectivity index (χ1v) is 8.06. The lowest BCUT2D eigenvalue weighted by Crippen LogP contribution is -2.13. The Morgan fingerprint density at radius 2 is 1.31 bits per heavy atom. The lowest BCUT2D eigenvalue weighted by Gasteiger charge is -2.27. The van der Waals surface area contributed by atoms with Crippen molar-refractivity contribution in [2.45, 2.75) is 20.0 Å². The van der Waals surface area contributed by atoms with Gasteiger partial charge in [0, 0.05) is 17.1 Å². The second kappa shape index (κ2) is 6.83. The van der Waals surface area contributed by atoms with Gasteiger partial charge in [0.05, 0.1) is 5.56 Å². The lowest BCUT2D eigenvalue weighted by atomic mass is 10.1. The fraction of sp³-hybridized carbons (Fsp3) is 0.143. The van der Waals surface area contributed by atoms with Gasteiger partial charge in [-0.25, -0.2) is 4.39 Å². The standard InChI is InChI=1S/C21H17F4N/c1-14-8-9-18(13-19(14)21(23,24)25)26(16-6-4-3-5-7-16)17-10-11-20(22)15(2)12-17/h3-13H,1-2H3. The highest BCUT2D eigenvalue weighted by atomic mass is 19.4. The summed E-state index contributed by atoms with van der Waals surface area (Å²) in [5.41, 5.74) is 1.54. The molecular formula is C21H17F4N. The van der Waals surface area contributed by atoms with E-state index in [-0.39, 0.29) is 11.4 Å². The van der Waals surface area contributed by atoms with Crippen LogP contribution in [0.4, 0.5) is 34.6 Å². The third-order valence-electron chi connectivity index (χ3n) is 4.20. The molecule has 0 atom stereocenters. The van der Waals surface area contributed by atoms with Gasteiger partial charge in [0.1, 0.15) is 5.82 Å². The molecule has 134 valence electrons. The molecule has 0 unspecified atom stereocenters. The first-order chi connectivity index (χ1) is 12.3. The Labute approximate surface area is 149 Å². The van der Waals surface area contributed by atoms with Crippen LogP contribution in [0.5, 0.6) is 0 Å². The molecule has 3 aromatic carbocycles. The Kier molecular flexibility index (Phi) is 4.72. The smallest absolute Gasteiger partial charge is 0.310 e. The predicted octanol–water partition coefficient (Wildman–Crippen LogP) is 6.93. The number of hydrogen-bond donors (Lipinski definition) is 0. The second-order valence-corrected chi connectivity index (χ2v) is 6.10. The summed E-state index contributed by atoms with van der Waals surface area (Å²) in [5.74, 6) is -0.360. The fourth-order valence-corrected chi connectivity index (χ4v) is 2.85. The van der Waals surface area contributed by atoms with Crippen LogP contribution in [0.15, 0.2) is 66.7 Å². The minimum Gasteiger partial charge on any atom is -0.310 e. The molecule has 0 aliphatic heterocycles. The van der Waals surface area contributed by atoms with Crippen LogP contribution in [-0.2, 0) is 6.18 Å². The van der Waals surface area contributed by atoms with Gasteiger partial charge in [-0.05, 0) is 67.4 Å². The molecule has 5 heteroatoms. The van der Waals surface area contributed by atoms with E-state index in [9.17, 15) is 17.6 Å². The summed E-state index contributed by atoms with van der Waals surface area (Å²) >= 11 is 0. The van der Waals surface area contributed by atoms with Gasteiger partial charge >= 0.3 is 6.18 Å². The van der Waals surface area contributed by atoms with E-state index < -0.39 is 11.7 Å². The molecule has 0 heterocycles. The first-order valence-electron chi connectivity index (χ1n) is 8.06. The summed E-state index contributed by atoms with van der Waals surface area (Å²) in [4.78, 5) is 1.68. The number of halogens is 4. The molecule has 0 saturated heterocycles. The van der Waals surface area contributed by atoms with Crippen LogP contribution in [0.1, 0.15) is 16.7 Å². The summed E-state index contributed by atoms with van der Waals surface area (Å²) in [6.07, 6.45) is -4.44. The molecule has 1 nitrogen and oxygen atoms in total. The maximum atomic E-state index is 13.7. The van der Waals surface area contributed by atoms with Gasteiger partial charge in [0.15, 0.2) is 0 Å². The highest BCUT2D eigenvalue weighted by Gasteiger charge is 2.33. The van der Waals surface area contributed by atoms with Crippen molar-refractivity contribution in [2.75, 3.05) is 4.90 Å². The topological polar surface area (TPSA) is 3.24 Å². The fourth-order valence-electron chi connectivity index (χ4n) is 2.85. The number of nitrogens with zero attached hydrogens (tertiary/aromatic N) is 1. The zero-order chi connectivity index (χ0) is 18.9. The van der Waals surface area contributed by atoms with E-state index in [1.807, 2.05) is 6.07 Å². The molecular weight excluding hydrogens is 342 g/mol. The van der Waals surface area contributed by atoms with E-state index in [1.165, 1.54) is 19.1 Å². The van der Waals surface area contributed by atoms with Crippen LogP contribution in [0.2, 0.25) is 0 Å². The van der Waals surface area contributed by atoms with Crippen molar-refractivity contribution in [3.8, 4) is 0 Å². The number of aryl methyl sites for hydroxylation is 2. The minimum atomic E-state index is -4.44. The van der Waals surface area contributed by atoms with Crippen molar-refractivity contribution in [1.82, 2.24) is 0 Å². The Hall–Kier alpha value is -2.82. The molecule has 0 spiro atoms. The zero-order valence-electron chi connectivity index (χ0n) is 14.3.